The molecule has 0 aliphatic carbocycles. The second-order valence-corrected chi connectivity index (χ2v) is 7.92. The zero-order valence-electron chi connectivity index (χ0n) is 17.0. The molecule has 2 heterocycles. The summed E-state index contributed by atoms with van der Waals surface area (Å²) in [6, 6.07) is 13.4. The Hall–Kier alpha value is -3.15. The second kappa shape index (κ2) is 7.70. The Morgan fingerprint density at radius 3 is 2.59 bits per heavy atom. The van der Waals surface area contributed by atoms with Crippen LogP contribution in [0.15, 0.2) is 46.9 Å². The Morgan fingerprint density at radius 2 is 1.90 bits per heavy atom. The molecule has 0 spiro atoms. The number of oxazole rings is 1. The topological polar surface area (TPSA) is 66.7 Å². The van der Waals surface area contributed by atoms with Gasteiger partial charge in [0.25, 0.3) is 5.91 Å². The van der Waals surface area contributed by atoms with Crippen LogP contribution in [0.4, 0.5) is 0 Å². The molecule has 1 fully saturated rings. The average Bonchev–Trinajstić information content (AvgIpc) is 3.14. The number of hydrogen-bond donors (Lipinski definition) is 0. The predicted molar refractivity (Wildman–Crippen MR) is 111 cm³/mol. The molecule has 4 rings (SSSR count). The van der Waals surface area contributed by atoms with Gasteiger partial charge in [-0.15, -0.1) is 0 Å². The number of benzene rings is 2. The number of rotatable bonds is 4. The van der Waals surface area contributed by atoms with Crippen LogP contribution in [0, 0.1) is 6.92 Å². The zero-order chi connectivity index (χ0) is 20.5. The van der Waals surface area contributed by atoms with Crippen LogP contribution in [0.1, 0.15) is 47.1 Å². The summed E-state index contributed by atoms with van der Waals surface area (Å²) in [4.78, 5) is 33.4. The van der Waals surface area contributed by atoms with Crippen molar-refractivity contribution < 1.29 is 14.0 Å². The number of hydrogen-bond acceptors (Lipinski definition) is 4. The van der Waals surface area contributed by atoms with Gasteiger partial charge in [0.2, 0.25) is 5.91 Å². The van der Waals surface area contributed by atoms with E-state index in [1.54, 1.807) is 23.1 Å². The third kappa shape index (κ3) is 4.01. The van der Waals surface area contributed by atoms with Gasteiger partial charge in [0.05, 0.1) is 0 Å². The van der Waals surface area contributed by atoms with Gasteiger partial charge >= 0.3 is 0 Å². The van der Waals surface area contributed by atoms with E-state index >= 15 is 0 Å². The number of aromatic nitrogens is 1. The first-order chi connectivity index (χ1) is 13.9. The maximum Gasteiger partial charge on any atom is 0.254 e. The number of carbonyl (C=O) groups is 2. The molecule has 1 saturated heterocycles. The van der Waals surface area contributed by atoms with Crippen molar-refractivity contribution in [1.82, 2.24) is 14.8 Å². The number of carbonyl (C=O) groups excluding carboxylic acids is 2. The van der Waals surface area contributed by atoms with E-state index in [1.165, 1.54) is 5.56 Å². The number of aryl methyl sites for hydroxylation is 1. The van der Waals surface area contributed by atoms with E-state index in [0.717, 1.165) is 5.56 Å². The Bertz CT molecular complexity index is 1050. The predicted octanol–water partition coefficient (Wildman–Crippen LogP) is 3.74. The Kier molecular flexibility index (Phi) is 5.09. The third-order valence-corrected chi connectivity index (χ3v) is 5.24. The van der Waals surface area contributed by atoms with E-state index in [2.05, 4.69) is 4.98 Å². The largest absolute Gasteiger partial charge is 0.440 e. The van der Waals surface area contributed by atoms with E-state index in [9.17, 15) is 9.59 Å². The van der Waals surface area contributed by atoms with Crippen molar-refractivity contribution in [3.05, 3.63) is 65.0 Å². The Balaban J connectivity index is 1.44. The van der Waals surface area contributed by atoms with Crippen molar-refractivity contribution in [2.45, 2.75) is 33.2 Å². The summed E-state index contributed by atoms with van der Waals surface area (Å²) in [5.74, 6) is 0.657. The van der Waals surface area contributed by atoms with Crippen LogP contribution in [0.5, 0.6) is 0 Å². The van der Waals surface area contributed by atoms with Crippen molar-refractivity contribution in [3.8, 4) is 0 Å². The van der Waals surface area contributed by atoms with E-state index in [0.29, 0.717) is 42.2 Å². The first kappa shape index (κ1) is 19.2. The summed E-state index contributed by atoms with van der Waals surface area (Å²) in [5.41, 5.74) is 4.16. The van der Waals surface area contributed by atoms with Crippen LogP contribution in [-0.2, 0) is 11.3 Å². The molecule has 0 N–H and O–H groups in total. The molecule has 0 unspecified atom stereocenters. The minimum Gasteiger partial charge on any atom is -0.440 e. The van der Waals surface area contributed by atoms with Gasteiger partial charge in [0, 0.05) is 31.1 Å². The second-order valence-electron chi connectivity index (χ2n) is 7.92. The summed E-state index contributed by atoms with van der Waals surface area (Å²) in [5, 5.41) is 0. The highest BCUT2D eigenvalue weighted by molar-refractivity contribution is 5.99. The first-order valence-corrected chi connectivity index (χ1v) is 9.94. The molecule has 0 saturated carbocycles. The lowest BCUT2D eigenvalue weighted by Gasteiger charge is -2.34. The first-order valence-electron chi connectivity index (χ1n) is 9.94. The monoisotopic (exact) mass is 391 g/mol. The summed E-state index contributed by atoms with van der Waals surface area (Å²) < 4.78 is 5.71. The lowest BCUT2D eigenvalue weighted by atomic mass is 10.1. The lowest BCUT2D eigenvalue weighted by molar-refractivity contribution is -0.135. The molecule has 6 nitrogen and oxygen atoms in total. The van der Waals surface area contributed by atoms with Gasteiger partial charge in [-0.2, -0.15) is 0 Å². The molecule has 6 heteroatoms. The van der Waals surface area contributed by atoms with Crippen LogP contribution in [0.2, 0.25) is 0 Å². The molecule has 1 aromatic heterocycles. The lowest BCUT2D eigenvalue weighted by Crippen LogP contribution is -2.51. The van der Waals surface area contributed by atoms with Gasteiger partial charge in [-0.1, -0.05) is 43.7 Å². The van der Waals surface area contributed by atoms with Gasteiger partial charge in [-0.3, -0.25) is 9.59 Å². The highest BCUT2D eigenvalue weighted by atomic mass is 16.3. The maximum atomic E-state index is 12.9. The summed E-state index contributed by atoms with van der Waals surface area (Å²) in [6.45, 7) is 7.78. The fourth-order valence-electron chi connectivity index (χ4n) is 3.47. The molecule has 150 valence electrons. The van der Waals surface area contributed by atoms with Gasteiger partial charge in [0.15, 0.2) is 11.5 Å². The average molecular weight is 391 g/mol. The van der Waals surface area contributed by atoms with Gasteiger partial charge < -0.3 is 14.2 Å². The van der Waals surface area contributed by atoms with Crippen molar-refractivity contribution in [2.75, 3.05) is 19.6 Å². The molecular weight excluding hydrogens is 366 g/mol. The van der Waals surface area contributed by atoms with E-state index in [1.807, 2.05) is 49.9 Å². The van der Waals surface area contributed by atoms with Crippen molar-refractivity contribution in [3.63, 3.8) is 0 Å². The van der Waals surface area contributed by atoms with Gasteiger partial charge in [-0.25, -0.2) is 4.98 Å². The highest BCUT2D eigenvalue weighted by Crippen LogP contribution is 2.23. The molecule has 0 bridgehead atoms. The SMILES string of the molecule is Cc1ccc(CN2CCN(C(=O)c3ccc4oc(C(C)C)nc4c3)CC2=O)cc1. The standard InChI is InChI=1S/C23H25N3O3/c1-15(2)22-24-19-12-18(8-9-20(19)29-22)23(28)26-11-10-25(21(27)14-26)13-17-6-4-16(3)5-7-17/h4-9,12,15H,10-11,13-14H2,1-3H3. The molecule has 2 amide bonds. The molecule has 1 aliphatic rings. The smallest absolute Gasteiger partial charge is 0.254 e. The van der Waals surface area contributed by atoms with Gasteiger partial charge in [-0.05, 0) is 30.7 Å². The molecule has 0 atom stereocenters. The molecule has 1 aliphatic heterocycles. The van der Waals surface area contributed by atoms with Gasteiger partial charge in [0.1, 0.15) is 12.1 Å². The highest BCUT2D eigenvalue weighted by Gasteiger charge is 2.28. The van der Waals surface area contributed by atoms with Crippen LogP contribution in [-0.4, -0.2) is 46.2 Å². The molecule has 0 radical (unpaired) electrons. The summed E-state index contributed by atoms with van der Waals surface area (Å²) >= 11 is 0. The minimum atomic E-state index is -0.149. The van der Waals surface area contributed by atoms with Crippen LogP contribution >= 0.6 is 0 Å². The van der Waals surface area contributed by atoms with E-state index < -0.39 is 0 Å². The number of amides is 2. The fraction of sp³-hybridized carbons (Fsp3) is 0.348. The van der Waals surface area contributed by atoms with Crippen molar-refractivity contribution in [2.24, 2.45) is 0 Å². The molecular formula is C23H25N3O3. The quantitative estimate of drug-likeness (QED) is 0.679. The van der Waals surface area contributed by atoms with Crippen molar-refractivity contribution >= 4 is 22.9 Å². The summed E-state index contributed by atoms with van der Waals surface area (Å²) in [7, 11) is 0. The molecule has 2 aromatic carbocycles. The van der Waals surface area contributed by atoms with E-state index in [-0.39, 0.29) is 24.3 Å². The normalized spacial score (nSPS) is 14.8. The number of piperazine rings is 1. The van der Waals surface area contributed by atoms with E-state index in [4.69, 9.17) is 4.42 Å². The Labute approximate surface area is 170 Å². The van der Waals surface area contributed by atoms with Crippen LogP contribution in [0.3, 0.4) is 0 Å². The Morgan fingerprint density at radius 1 is 1.14 bits per heavy atom. The third-order valence-electron chi connectivity index (χ3n) is 5.24. The fourth-order valence-corrected chi connectivity index (χ4v) is 3.47. The minimum absolute atomic E-state index is 0.0326. The van der Waals surface area contributed by atoms with Crippen LogP contribution in [0.25, 0.3) is 11.1 Å². The van der Waals surface area contributed by atoms with Crippen LogP contribution < -0.4 is 0 Å². The maximum absolute atomic E-state index is 12.9. The number of nitrogens with zero attached hydrogens (tertiary/aromatic N) is 3. The number of fused-ring (bicyclic) bond motifs is 1. The zero-order valence-corrected chi connectivity index (χ0v) is 17.0. The van der Waals surface area contributed by atoms with Crippen molar-refractivity contribution in [1.29, 1.82) is 0 Å². The molecule has 29 heavy (non-hydrogen) atoms. The summed E-state index contributed by atoms with van der Waals surface area (Å²) in [6.07, 6.45) is 0. The molecule has 3 aromatic rings.